The predicted molar refractivity (Wildman–Crippen MR) is 61.8 cm³/mol. The first kappa shape index (κ1) is 12.4. The van der Waals surface area contributed by atoms with E-state index in [0.717, 1.165) is 5.56 Å². The summed E-state index contributed by atoms with van der Waals surface area (Å²) in [7, 11) is 0. The third kappa shape index (κ3) is 3.47. The smallest absolute Gasteiger partial charge is 0.289 e. The number of hydrogen-bond acceptors (Lipinski definition) is 3. The molecule has 86 valence electrons. The normalized spacial score (nSPS) is 11.9. The average molecular weight is 220 g/mol. The summed E-state index contributed by atoms with van der Waals surface area (Å²) >= 11 is 0. The van der Waals surface area contributed by atoms with Crippen LogP contribution in [0.4, 0.5) is 0 Å². The molecule has 0 aromatic heterocycles. The number of rotatable bonds is 5. The third-order valence-electron chi connectivity index (χ3n) is 2.20. The summed E-state index contributed by atoms with van der Waals surface area (Å²) in [5.74, 6) is -1.17. The van der Waals surface area contributed by atoms with Gasteiger partial charge in [-0.15, -0.1) is 0 Å². The molecule has 0 saturated heterocycles. The molecule has 0 aliphatic carbocycles. The largest absolute Gasteiger partial charge is 0.350 e. The lowest BCUT2D eigenvalue weighted by atomic mass is 10.0. The van der Waals surface area contributed by atoms with Gasteiger partial charge in [-0.3, -0.25) is 9.59 Å². The minimum Gasteiger partial charge on any atom is -0.350 e. The minimum atomic E-state index is -0.769. The molecule has 1 aromatic rings. The Bertz CT molecular complexity index is 363. The monoisotopic (exact) mass is 220 g/mol. The molecule has 3 N–H and O–H groups in total. The van der Waals surface area contributed by atoms with E-state index in [0.29, 0.717) is 13.0 Å². The third-order valence-corrected chi connectivity index (χ3v) is 2.20. The number of carbonyl (C=O) groups excluding carboxylic acids is 2. The van der Waals surface area contributed by atoms with Gasteiger partial charge in [0, 0.05) is 6.54 Å². The van der Waals surface area contributed by atoms with Crippen LogP contribution in [0, 0.1) is 0 Å². The van der Waals surface area contributed by atoms with Gasteiger partial charge < -0.3 is 11.1 Å². The van der Waals surface area contributed by atoms with E-state index in [9.17, 15) is 9.59 Å². The van der Waals surface area contributed by atoms with Crippen LogP contribution in [-0.2, 0) is 16.0 Å². The molecule has 0 aliphatic heterocycles. The molecule has 16 heavy (non-hydrogen) atoms. The number of benzene rings is 1. The zero-order valence-electron chi connectivity index (χ0n) is 9.27. The number of Topliss-reactive ketones (excluding diaryl/α,β-unsaturated/α-hetero) is 1. The van der Waals surface area contributed by atoms with Crippen LogP contribution < -0.4 is 11.1 Å². The second-order valence-electron chi connectivity index (χ2n) is 3.52. The molecule has 0 radical (unpaired) electrons. The molecular weight excluding hydrogens is 204 g/mol. The van der Waals surface area contributed by atoms with Gasteiger partial charge in [-0.1, -0.05) is 30.3 Å². The van der Waals surface area contributed by atoms with Crippen molar-refractivity contribution < 1.29 is 9.59 Å². The Hall–Kier alpha value is -1.68. The fraction of sp³-hybridized carbons (Fsp3) is 0.333. The molecule has 0 saturated carbocycles. The summed E-state index contributed by atoms with van der Waals surface area (Å²) in [5.41, 5.74) is 6.62. The van der Waals surface area contributed by atoms with E-state index in [1.165, 1.54) is 0 Å². The van der Waals surface area contributed by atoms with E-state index >= 15 is 0 Å². The summed E-state index contributed by atoms with van der Waals surface area (Å²) in [5, 5.41) is 2.44. The van der Waals surface area contributed by atoms with Crippen LogP contribution in [0.2, 0.25) is 0 Å². The number of carbonyl (C=O) groups is 2. The Morgan fingerprint density at radius 3 is 2.50 bits per heavy atom. The first-order valence-electron chi connectivity index (χ1n) is 5.26. The molecule has 1 amide bonds. The van der Waals surface area contributed by atoms with Crippen molar-refractivity contribution >= 4 is 11.7 Å². The van der Waals surface area contributed by atoms with Gasteiger partial charge in [0.15, 0.2) is 0 Å². The van der Waals surface area contributed by atoms with Crippen LogP contribution in [0.3, 0.4) is 0 Å². The number of amides is 1. The van der Waals surface area contributed by atoms with Crippen molar-refractivity contribution in [2.45, 2.75) is 19.4 Å². The van der Waals surface area contributed by atoms with Crippen molar-refractivity contribution in [2.24, 2.45) is 5.73 Å². The molecule has 4 nitrogen and oxygen atoms in total. The summed E-state index contributed by atoms with van der Waals surface area (Å²) in [6, 6.07) is 8.63. The van der Waals surface area contributed by atoms with Gasteiger partial charge in [-0.05, 0) is 18.9 Å². The SMILES string of the molecule is CCNC(=O)C(=O)[C@@H](N)Cc1ccccc1. The van der Waals surface area contributed by atoms with Gasteiger partial charge in [-0.2, -0.15) is 0 Å². The first-order chi connectivity index (χ1) is 7.65. The fourth-order valence-electron chi connectivity index (χ4n) is 1.38. The Labute approximate surface area is 94.8 Å². The zero-order valence-corrected chi connectivity index (χ0v) is 9.27. The Morgan fingerprint density at radius 2 is 1.94 bits per heavy atom. The molecule has 0 spiro atoms. The van der Waals surface area contributed by atoms with E-state index < -0.39 is 17.7 Å². The van der Waals surface area contributed by atoms with Crippen LogP contribution in [0.5, 0.6) is 0 Å². The van der Waals surface area contributed by atoms with Crippen molar-refractivity contribution in [1.29, 1.82) is 0 Å². The van der Waals surface area contributed by atoms with Crippen molar-refractivity contribution in [1.82, 2.24) is 5.32 Å². The average Bonchev–Trinajstić information content (AvgIpc) is 2.29. The van der Waals surface area contributed by atoms with Crippen LogP contribution in [0.1, 0.15) is 12.5 Å². The summed E-state index contributed by atoms with van der Waals surface area (Å²) < 4.78 is 0. The van der Waals surface area contributed by atoms with Crippen LogP contribution in [-0.4, -0.2) is 24.3 Å². The lowest BCUT2D eigenvalue weighted by molar-refractivity contribution is -0.138. The molecule has 0 heterocycles. The van der Waals surface area contributed by atoms with Gasteiger partial charge >= 0.3 is 0 Å². The Morgan fingerprint density at radius 1 is 1.31 bits per heavy atom. The van der Waals surface area contributed by atoms with Crippen LogP contribution in [0.15, 0.2) is 30.3 Å². The Kier molecular flexibility index (Phi) is 4.66. The molecule has 1 rings (SSSR count). The van der Waals surface area contributed by atoms with Crippen LogP contribution >= 0.6 is 0 Å². The summed E-state index contributed by atoms with van der Waals surface area (Å²) in [4.78, 5) is 22.7. The van der Waals surface area contributed by atoms with E-state index in [2.05, 4.69) is 5.32 Å². The fourth-order valence-corrected chi connectivity index (χ4v) is 1.38. The lowest BCUT2D eigenvalue weighted by Crippen LogP contribution is -2.43. The van der Waals surface area contributed by atoms with Gasteiger partial charge in [0.05, 0.1) is 6.04 Å². The quantitative estimate of drug-likeness (QED) is 0.699. The van der Waals surface area contributed by atoms with E-state index in [4.69, 9.17) is 5.73 Å². The highest BCUT2D eigenvalue weighted by Gasteiger charge is 2.21. The lowest BCUT2D eigenvalue weighted by Gasteiger charge is -2.09. The van der Waals surface area contributed by atoms with Crippen molar-refractivity contribution in [2.75, 3.05) is 6.54 Å². The topological polar surface area (TPSA) is 72.2 Å². The maximum Gasteiger partial charge on any atom is 0.289 e. The first-order valence-corrected chi connectivity index (χ1v) is 5.26. The van der Waals surface area contributed by atoms with Crippen molar-refractivity contribution in [3.63, 3.8) is 0 Å². The highest BCUT2D eigenvalue weighted by molar-refractivity contribution is 6.38. The second kappa shape index (κ2) is 6.02. The van der Waals surface area contributed by atoms with Gasteiger partial charge in [0.1, 0.15) is 0 Å². The summed E-state index contributed by atoms with van der Waals surface area (Å²) in [6.45, 7) is 2.19. The van der Waals surface area contributed by atoms with Crippen molar-refractivity contribution in [3.8, 4) is 0 Å². The van der Waals surface area contributed by atoms with Gasteiger partial charge in [0.2, 0.25) is 5.78 Å². The molecule has 1 atom stereocenters. The molecule has 0 unspecified atom stereocenters. The second-order valence-corrected chi connectivity index (χ2v) is 3.52. The Balaban J connectivity index is 2.55. The van der Waals surface area contributed by atoms with Crippen molar-refractivity contribution in [3.05, 3.63) is 35.9 Å². The summed E-state index contributed by atoms with van der Waals surface area (Å²) in [6.07, 6.45) is 0.386. The molecule has 0 aliphatic rings. The molecule has 0 fully saturated rings. The number of nitrogens with two attached hydrogens (primary N) is 1. The molecular formula is C12H16N2O2. The number of hydrogen-bond donors (Lipinski definition) is 2. The maximum atomic E-state index is 11.5. The standard InChI is InChI=1S/C12H16N2O2/c1-2-14-12(16)11(15)10(13)8-9-6-4-3-5-7-9/h3-7,10H,2,8,13H2,1H3,(H,14,16)/t10-/m0/s1. The number of ketones is 1. The number of likely N-dealkylation sites (N-methyl/N-ethyl adjacent to an activating group) is 1. The van der Waals surface area contributed by atoms with Gasteiger partial charge in [-0.25, -0.2) is 0 Å². The minimum absolute atomic E-state index is 0.386. The zero-order chi connectivity index (χ0) is 12.0. The number of nitrogens with one attached hydrogen (secondary N) is 1. The van der Waals surface area contributed by atoms with E-state index in [1.807, 2.05) is 30.3 Å². The van der Waals surface area contributed by atoms with Gasteiger partial charge in [0.25, 0.3) is 5.91 Å². The molecule has 0 bridgehead atoms. The molecule has 1 aromatic carbocycles. The van der Waals surface area contributed by atoms with E-state index in [1.54, 1.807) is 6.92 Å². The van der Waals surface area contributed by atoms with Crippen LogP contribution in [0.25, 0.3) is 0 Å². The molecule has 4 heteroatoms. The highest BCUT2D eigenvalue weighted by Crippen LogP contribution is 2.02. The van der Waals surface area contributed by atoms with E-state index in [-0.39, 0.29) is 0 Å². The highest BCUT2D eigenvalue weighted by atomic mass is 16.2. The maximum absolute atomic E-state index is 11.5. The predicted octanol–water partition coefficient (Wildman–Crippen LogP) is 0.262.